The summed E-state index contributed by atoms with van der Waals surface area (Å²) in [6.45, 7) is 1.54. The first-order chi connectivity index (χ1) is 6.20. The Kier molecular flexibility index (Phi) is 3.09. The first kappa shape index (κ1) is 9.32. The average molecular weight is 178 g/mol. The van der Waals surface area contributed by atoms with E-state index < -0.39 is 5.97 Å². The Morgan fingerprint density at radius 2 is 2.38 bits per heavy atom. The molecule has 0 aromatic carbocycles. The molecule has 0 amide bonds. The highest BCUT2D eigenvalue weighted by Crippen LogP contribution is 2.03. The molecule has 0 saturated heterocycles. The molecule has 1 aromatic heterocycles. The van der Waals surface area contributed by atoms with Crippen molar-refractivity contribution in [2.24, 2.45) is 0 Å². The molecule has 0 unspecified atom stereocenters. The van der Waals surface area contributed by atoms with Gasteiger partial charge in [0.2, 0.25) is 0 Å². The minimum atomic E-state index is -0.913. The molecule has 0 aliphatic heterocycles. The van der Waals surface area contributed by atoms with Crippen molar-refractivity contribution >= 4 is 12.0 Å². The molecule has 13 heavy (non-hydrogen) atoms. The van der Waals surface area contributed by atoms with Crippen molar-refractivity contribution in [1.29, 1.82) is 0 Å². The lowest BCUT2D eigenvalue weighted by atomic mass is 10.2. The third kappa shape index (κ3) is 2.99. The zero-order valence-electron chi connectivity index (χ0n) is 7.23. The van der Waals surface area contributed by atoms with E-state index in [9.17, 15) is 4.79 Å². The van der Waals surface area contributed by atoms with E-state index in [1.165, 1.54) is 13.0 Å². The molecule has 1 N–H and O–H groups in total. The predicted octanol–water partition coefficient (Wildman–Crippen LogP) is 2.32. The quantitative estimate of drug-likeness (QED) is 0.570. The normalized spacial score (nSPS) is 12.2. The molecule has 0 radical (unpaired) electrons. The van der Waals surface area contributed by atoms with Gasteiger partial charge in [-0.15, -0.1) is 0 Å². The summed E-state index contributed by atoms with van der Waals surface area (Å²) in [5.74, 6) is -0.210. The Morgan fingerprint density at radius 3 is 2.92 bits per heavy atom. The second kappa shape index (κ2) is 4.30. The Balaban J connectivity index is 2.60. The molecule has 0 aliphatic rings. The molecular weight excluding hydrogens is 168 g/mol. The molecule has 0 aliphatic carbocycles. The van der Waals surface area contributed by atoms with Crippen LogP contribution in [0.1, 0.15) is 12.7 Å². The fourth-order valence-electron chi connectivity index (χ4n) is 0.745. The van der Waals surface area contributed by atoms with Crippen LogP contribution >= 0.6 is 0 Å². The van der Waals surface area contributed by atoms with Crippen LogP contribution in [0.5, 0.6) is 0 Å². The first-order valence-corrected chi connectivity index (χ1v) is 3.82. The molecule has 0 fully saturated rings. The average Bonchev–Trinajstić information content (AvgIpc) is 2.56. The maximum absolute atomic E-state index is 10.4. The summed E-state index contributed by atoms with van der Waals surface area (Å²) in [4.78, 5) is 10.4. The van der Waals surface area contributed by atoms with Crippen LogP contribution in [0.25, 0.3) is 6.08 Å². The first-order valence-electron chi connectivity index (χ1n) is 3.82. The van der Waals surface area contributed by atoms with Gasteiger partial charge in [-0.25, -0.2) is 4.79 Å². The number of carboxylic acid groups (broad SMARTS) is 1. The molecule has 0 spiro atoms. The summed E-state index contributed by atoms with van der Waals surface area (Å²) in [7, 11) is 0. The zero-order valence-corrected chi connectivity index (χ0v) is 7.23. The van der Waals surface area contributed by atoms with E-state index in [-0.39, 0.29) is 0 Å². The topological polar surface area (TPSA) is 50.4 Å². The fourth-order valence-corrected chi connectivity index (χ4v) is 0.745. The number of hydrogen-bond acceptors (Lipinski definition) is 2. The molecular formula is C10H10O3. The van der Waals surface area contributed by atoms with Crippen LogP contribution in [0.2, 0.25) is 0 Å². The fraction of sp³-hybridized carbons (Fsp3) is 0.100. The maximum Gasteiger partial charge on any atom is 0.331 e. The van der Waals surface area contributed by atoms with Gasteiger partial charge in [0.15, 0.2) is 0 Å². The largest absolute Gasteiger partial charge is 0.478 e. The lowest BCUT2D eigenvalue weighted by Gasteiger charge is -1.87. The second-order valence-corrected chi connectivity index (χ2v) is 2.53. The van der Waals surface area contributed by atoms with Crippen molar-refractivity contribution in [3.8, 4) is 0 Å². The van der Waals surface area contributed by atoms with Gasteiger partial charge in [0.05, 0.1) is 6.26 Å². The van der Waals surface area contributed by atoms with Gasteiger partial charge in [0, 0.05) is 5.57 Å². The molecule has 0 bridgehead atoms. The molecule has 0 atom stereocenters. The Hall–Kier alpha value is -1.77. The lowest BCUT2D eigenvalue weighted by Crippen LogP contribution is -1.94. The Labute approximate surface area is 76.0 Å². The van der Waals surface area contributed by atoms with Crippen molar-refractivity contribution in [1.82, 2.24) is 0 Å². The number of carbonyl (C=O) groups is 1. The van der Waals surface area contributed by atoms with E-state index in [0.29, 0.717) is 11.3 Å². The van der Waals surface area contributed by atoms with Gasteiger partial charge in [-0.1, -0.05) is 12.2 Å². The summed E-state index contributed by atoms with van der Waals surface area (Å²) in [6, 6.07) is 3.56. The number of aliphatic carboxylic acids is 1. The molecule has 3 nitrogen and oxygen atoms in total. The number of hydrogen-bond donors (Lipinski definition) is 1. The van der Waals surface area contributed by atoms with E-state index >= 15 is 0 Å². The minimum absolute atomic E-state index is 0.294. The highest BCUT2D eigenvalue weighted by Gasteiger charge is 1.95. The van der Waals surface area contributed by atoms with Crippen molar-refractivity contribution < 1.29 is 14.3 Å². The summed E-state index contributed by atoms with van der Waals surface area (Å²) < 4.78 is 5.01. The van der Waals surface area contributed by atoms with Gasteiger partial charge in [0.1, 0.15) is 5.76 Å². The standard InChI is InChI=1S/C10H10O3/c1-8(10(11)12)4-2-5-9-6-3-7-13-9/h2-7H,1H3,(H,11,12)/b5-2+,8-4+. The van der Waals surface area contributed by atoms with Crippen molar-refractivity contribution in [3.63, 3.8) is 0 Å². The number of allylic oxidation sites excluding steroid dienone is 2. The van der Waals surface area contributed by atoms with Gasteiger partial charge in [-0.3, -0.25) is 0 Å². The maximum atomic E-state index is 10.4. The molecule has 68 valence electrons. The minimum Gasteiger partial charge on any atom is -0.478 e. The van der Waals surface area contributed by atoms with Crippen LogP contribution in [0, 0.1) is 0 Å². The van der Waals surface area contributed by atoms with Gasteiger partial charge in [-0.2, -0.15) is 0 Å². The molecule has 1 aromatic rings. The molecule has 0 saturated carbocycles. The van der Waals surface area contributed by atoms with Gasteiger partial charge >= 0.3 is 5.97 Å². The summed E-state index contributed by atoms with van der Waals surface area (Å²) in [6.07, 6.45) is 6.42. The van der Waals surface area contributed by atoms with Gasteiger partial charge in [0.25, 0.3) is 0 Å². The van der Waals surface area contributed by atoms with E-state index in [1.54, 1.807) is 30.5 Å². The molecule has 1 heterocycles. The van der Waals surface area contributed by atoms with Crippen molar-refractivity contribution in [2.75, 3.05) is 0 Å². The highest BCUT2D eigenvalue weighted by molar-refractivity contribution is 5.86. The summed E-state index contributed by atoms with van der Waals surface area (Å²) >= 11 is 0. The predicted molar refractivity (Wildman–Crippen MR) is 49.1 cm³/mol. The van der Waals surface area contributed by atoms with Crippen molar-refractivity contribution in [3.05, 3.63) is 41.9 Å². The lowest BCUT2D eigenvalue weighted by molar-refractivity contribution is -0.132. The van der Waals surface area contributed by atoms with Crippen LogP contribution in [0.4, 0.5) is 0 Å². The van der Waals surface area contributed by atoms with Crippen molar-refractivity contribution in [2.45, 2.75) is 6.92 Å². The smallest absolute Gasteiger partial charge is 0.331 e. The van der Waals surface area contributed by atoms with E-state index in [0.717, 1.165) is 0 Å². The van der Waals surface area contributed by atoms with Crippen LogP contribution in [-0.4, -0.2) is 11.1 Å². The van der Waals surface area contributed by atoms with Crippen LogP contribution < -0.4 is 0 Å². The summed E-state index contributed by atoms with van der Waals surface area (Å²) in [5.41, 5.74) is 0.294. The van der Waals surface area contributed by atoms with E-state index in [1.807, 2.05) is 0 Å². The number of rotatable bonds is 3. The van der Waals surface area contributed by atoms with Gasteiger partial charge < -0.3 is 9.52 Å². The molecule has 3 heteroatoms. The third-order valence-corrected chi connectivity index (χ3v) is 1.49. The van der Waals surface area contributed by atoms with Crippen LogP contribution in [0.15, 0.2) is 40.5 Å². The molecule has 1 rings (SSSR count). The summed E-state index contributed by atoms with van der Waals surface area (Å²) in [5, 5.41) is 8.51. The van der Waals surface area contributed by atoms with Gasteiger partial charge in [-0.05, 0) is 25.1 Å². The highest BCUT2D eigenvalue weighted by atomic mass is 16.4. The zero-order chi connectivity index (χ0) is 9.68. The van der Waals surface area contributed by atoms with E-state index in [4.69, 9.17) is 9.52 Å². The number of carboxylic acids is 1. The van der Waals surface area contributed by atoms with Crippen LogP contribution in [-0.2, 0) is 4.79 Å². The monoisotopic (exact) mass is 178 g/mol. The Bertz CT molecular complexity index is 331. The number of furan rings is 1. The third-order valence-electron chi connectivity index (χ3n) is 1.49. The van der Waals surface area contributed by atoms with Crippen LogP contribution in [0.3, 0.4) is 0 Å². The Morgan fingerprint density at radius 1 is 1.62 bits per heavy atom. The second-order valence-electron chi connectivity index (χ2n) is 2.53. The van der Waals surface area contributed by atoms with E-state index in [2.05, 4.69) is 0 Å². The SMILES string of the molecule is C/C(=C\C=C\c1ccco1)C(=O)O.